The Balaban J connectivity index is 2.06. The Kier molecular flexibility index (Phi) is 5.29. The van der Waals surface area contributed by atoms with Gasteiger partial charge in [-0.25, -0.2) is 12.7 Å². The lowest BCUT2D eigenvalue weighted by molar-refractivity contribution is -0.120. The fraction of sp³-hybridized carbons (Fsp3) is 0.462. The van der Waals surface area contributed by atoms with Crippen molar-refractivity contribution in [2.45, 2.75) is 12.8 Å². The predicted molar refractivity (Wildman–Crippen MR) is 86.9 cm³/mol. The van der Waals surface area contributed by atoms with Gasteiger partial charge in [0.25, 0.3) is 0 Å². The maximum Gasteiger partial charge on any atom is 0.228 e. The molecule has 116 valence electrons. The molecule has 1 amide bonds. The Morgan fingerprint density at radius 3 is 2.81 bits per heavy atom. The molecule has 1 aliphatic rings. The molecule has 1 unspecified atom stereocenters. The highest BCUT2D eigenvalue weighted by atomic mass is 79.9. The predicted octanol–water partition coefficient (Wildman–Crippen LogP) is 2.71. The zero-order valence-corrected chi connectivity index (χ0v) is 14.6. The van der Waals surface area contributed by atoms with E-state index in [1.54, 1.807) is 18.2 Å². The van der Waals surface area contributed by atoms with Gasteiger partial charge in [0.15, 0.2) is 0 Å². The first kappa shape index (κ1) is 16.7. The minimum absolute atomic E-state index is 0.201. The molecule has 1 saturated heterocycles. The van der Waals surface area contributed by atoms with Crippen molar-refractivity contribution in [3.63, 3.8) is 0 Å². The first-order valence-corrected chi connectivity index (χ1v) is 9.50. The number of hydrogen-bond donors (Lipinski definition) is 1. The lowest BCUT2D eigenvalue weighted by Crippen LogP contribution is -2.43. The quantitative estimate of drug-likeness (QED) is 0.856. The zero-order chi connectivity index (χ0) is 15.6. The minimum Gasteiger partial charge on any atom is -0.324 e. The summed E-state index contributed by atoms with van der Waals surface area (Å²) in [6, 6.07) is 5.19. The van der Waals surface area contributed by atoms with Gasteiger partial charge in [0.05, 0.1) is 22.9 Å². The third-order valence-electron chi connectivity index (χ3n) is 3.41. The third-order valence-corrected chi connectivity index (χ3v) is 5.49. The van der Waals surface area contributed by atoms with Crippen LogP contribution in [-0.2, 0) is 14.8 Å². The van der Waals surface area contributed by atoms with Gasteiger partial charge in [-0.15, -0.1) is 0 Å². The number of nitrogens with one attached hydrogen (secondary N) is 1. The molecule has 5 nitrogen and oxygen atoms in total. The van der Waals surface area contributed by atoms with Crippen molar-refractivity contribution in [2.24, 2.45) is 5.92 Å². The summed E-state index contributed by atoms with van der Waals surface area (Å²) in [5.41, 5.74) is 0.529. The monoisotopic (exact) mass is 394 g/mol. The van der Waals surface area contributed by atoms with Crippen molar-refractivity contribution < 1.29 is 13.2 Å². The largest absolute Gasteiger partial charge is 0.324 e. The Morgan fingerprint density at radius 2 is 2.19 bits per heavy atom. The van der Waals surface area contributed by atoms with Crippen LogP contribution in [-0.4, -0.2) is 38.0 Å². The van der Waals surface area contributed by atoms with E-state index in [1.807, 2.05) is 0 Å². The van der Waals surface area contributed by atoms with Crippen molar-refractivity contribution >= 4 is 49.1 Å². The van der Waals surface area contributed by atoms with Gasteiger partial charge in [-0.3, -0.25) is 4.79 Å². The normalized spacial score (nSPS) is 20.2. The van der Waals surface area contributed by atoms with Crippen LogP contribution < -0.4 is 5.32 Å². The minimum atomic E-state index is -3.26. The molecule has 1 atom stereocenters. The SMILES string of the molecule is CS(=O)(=O)N1CCCC(C(=O)Nc2ccc(Br)cc2Cl)C1. The second-order valence-corrected chi connectivity index (χ2v) is 8.38. The van der Waals surface area contributed by atoms with Gasteiger partial charge in [-0.1, -0.05) is 27.5 Å². The number of rotatable bonds is 3. The third kappa shape index (κ3) is 4.42. The maximum absolute atomic E-state index is 12.3. The van der Waals surface area contributed by atoms with Gasteiger partial charge in [0.1, 0.15) is 0 Å². The molecule has 0 spiro atoms. The van der Waals surface area contributed by atoms with Gasteiger partial charge < -0.3 is 5.32 Å². The fourth-order valence-electron chi connectivity index (χ4n) is 2.28. The van der Waals surface area contributed by atoms with Crippen LogP contribution in [0.5, 0.6) is 0 Å². The van der Waals surface area contributed by atoms with E-state index in [2.05, 4.69) is 21.2 Å². The van der Waals surface area contributed by atoms with Crippen molar-refractivity contribution in [1.29, 1.82) is 0 Å². The topological polar surface area (TPSA) is 66.5 Å². The summed E-state index contributed by atoms with van der Waals surface area (Å²) in [5, 5.41) is 3.20. The summed E-state index contributed by atoms with van der Waals surface area (Å²) in [6.07, 6.45) is 2.52. The number of nitrogens with zero attached hydrogens (tertiary/aromatic N) is 1. The molecular formula is C13H16BrClN2O3S. The second-order valence-electron chi connectivity index (χ2n) is 5.07. The molecule has 0 aromatic heterocycles. The van der Waals surface area contributed by atoms with Crippen LogP contribution in [0.15, 0.2) is 22.7 Å². The lowest BCUT2D eigenvalue weighted by Gasteiger charge is -2.30. The summed E-state index contributed by atoms with van der Waals surface area (Å²) in [7, 11) is -3.26. The lowest BCUT2D eigenvalue weighted by atomic mass is 9.99. The summed E-state index contributed by atoms with van der Waals surface area (Å²) in [4.78, 5) is 12.3. The molecule has 8 heteroatoms. The molecule has 0 saturated carbocycles. The summed E-state index contributed by atoms with van der Waals surface area (Å²) in [5.74, 6) is -0.555. The number of carbonyl (C=O) groups excluding carboxylic acids is 1. The molecular weight excluding hydrogens is 380 g/mol. The summed E-state index contributed by atoms with van der Waals surface area (Å²) < 4.78 is 25.3. The van der Waals surface area contributed by atoms with Crippen LogP contribution in [0.4, 0.5) is 5.69 Å². The number of amides is 1. The highest BCUT2D eigenvalue weighted by Crippen LogP contribution is 2.27. The van der Waals surface area contributed by atoms with Gasteiger partial charge in [0.2, 0.25) is 15.9 Å². The highest BCUT2D eigenvalue weighted by molar-refractivity contribution is 9.10. The Morgan fingerprint density at radius 1 is 1.48 bits per heavy atom. The van der Waals surface area contributed by atoms with Crippen LogP contribution >= 0.6 is 27.5 Å². The number of carbonyl (C=O) groups is 1. The molecule has 1 aromatic carbocycles. The van der Waals surface area contributed by atoms with Crippen molar-refractivity contribution in [2.75, 3.05) is 24.7 Å². The van der Waals surface area contributed by atoms with E-state index in [4.69, 9.17) is 11.6 Å². The number of halogens is 2. The first-order valence-electron chi connectivity index (χ1n) is 6.48. The number of hydrogen-bond acceptors (Lipinski definition) is 3. The molecule has 0 radical (unpaired) electrons. The summed E-state index contributed by atoms with van der Waals surface area (Å²) in [6.45, 7) is 0.695. The Hall–Kier alpha value is -0.630. The van der Waals surface area contributed by atoms with Gasteiger partial charge in [-0.2, -0.15) is 0 Å². The van der Waals surface area contributed by atoms with E-state index in [1.165, 1.54) is 10.6 Å². The number of sulfonamides is 1. The molecule has 0 aliphatic carbocycles. The van der Waals surface area contributed by atoms with Crippen molar-refractivity contribution in [3.8, 4) is 0 Å². The number of benzene rings is 1. The van der Waals surface area contributed by atoms with Crippen LogP contribution in [0.1, 0.15) is 12.8 Å². The average Bonchev–Trinajstić information content (AvgIpc) is 2.41. The van der Waals surface area contributed by atoms with Crippen LogP contribution in [0.25, 0.3) is 0 Å². The van der Waals surface area contributed by atoms with Crippen molar-refractivity contribution in [1.82, 2.24) is 4.31 Å². The number of anilines is 1. The van der Waals surface area contributed by atoms with Crippen LogP contribution in [0.2, 0.25) is 5.02 Å². The molecule has 2 rings (SSSR count). The maximum atomic E-state index is 12.3. The van der Waals surface area contributed by atoms with Crippen LogP contribution in [0.3, 0.4) is 0 Å². The molecule has 1 N–H and O–H groups in total. The van der Waals surface area contributed by atoms with E-state index >= 15 is 0 Å². The standard InChI is InChI=1S/C13H16BrClN2O3S/c1-21(19,20)17-6-2-3-9(8-17)13(18)16-12-5-4-10(14)7-11(12)15/h4-5,7,9H,2-3,6,8H2,1H3,(H,16,18). The molecule has 1 aliphatic heterocycles. The molecule has 1 fully saturated rings. The number of piperidine rings is 1. The summed E-state index contributed by atoms with van der Waals surface area (Å²) >= 11 is 9.36. The molecule has 0 bridgehead atoms. The molecule has 1 aromatic rings. The first-order chi connectivity index (χ1) is 9.77. The van der Waals surface area contributed by atoms with E-state index in [9.17, 15) is 13.2 Å². The van der Waals surface area contributed by atoms with E-state index in [0.29, 0.717) is 30.1 Å². The van der Waals surface area contributed by atoms with Crippen LogP contribution in [0, 0.1) is 5.92 Å². The fourth-order valence-corrected chi connectivity index (χ4v) is 3.92. The highest BCUT2D eigenvalue weighted by Gasteiger charge is 2.30. The smallest absolute Gasteiger partial charge is 0.228 e. The van der Waals surface area contributed by atoms with E-state index in [-0.39, 0.29) is 18.4 Å². The van der Waals surface area contributed by atoms with Gasteiger partial charge >= 0.3 is 0 Å². The van der Waals surface area contributed by atoms with Crippen molar-refractivity contribution in [3.05, 3.63) is 27.7 Å². The van der Waals surface area contributed by atoms with Gasteiger partial charge in [-0.05, 0) is 31.0 Å². The Bertz CT molecular complexity index is 651. The van der Waals surface area contributed by atoms with Gasteiger partial charge in [0, 0.05) is 17.6 Å². The molecule has 1 heterocycles. The van der Waals surface area contributed by atoms with E-state index in [0.717, 1.165) is 4.47 Å². The average molecular weight is 396 g/mol. The Labute approximate surface area is 137 Å². The zero-order valence-electron chi connectivity index (χ0n) is 11.5. The second kappa shape index (κ2) is 6.64. The van der Waals surface area contributed by atoms with E-state index < -0.39 is 10.0 Å². The molecule has 21 heavy (non-hydrogen) atoms.